The van der Waals surface area contributed by atoms with Crippen LogP contribution < -0.4 is 0 Å². The Hall–Kier alpha value is -2.50. The molecule has 0 saturated carbocycles. The molecule has 1 aliphatic heterocycles. The third-order valence-corrected chi connectivity index (χ3v) is 4.57. The molecule has 2 amide bonds. The first-order valence-electron chi connectivity index (χ1n) is 8.29. The molecule has 1 aromatic carbocycles. The number of piperazine rings is 1. The lowest BCUT2D eigenvalue weighted by Gasteiger charge is -2.34. The number of hydrogen-bond donors (Lipinski definition) is 0. The predicted octanol–water partition coefficient (Wildman–Crippen LogP) is 2.40. The number of carbonyl (C=O) groups is 2. The van der Waals surface area contributed by atoms with Crippen LogP contribution in [-0.4, -0.2) is 59.2 Å². The molecule has 0 radical (unpaired) electrons. The highest BCUT2D eigenvalue weighted by Gasteiger charge is 2.27. The summed E-state index contributed by atoms with van der Waals surface area (Å²) >= 11 is 0. The van der Waals surface area contributed by atoms with Gasteiger partial charge < -0.3 is 19.1 Å². The van der Waals surface area contributed by atoms with Gasteiger partial charge in [-0.2, -0.15) is 0 Å². The lowest BCUT2D eigenvalue weighted by molar-refractivity contribution is 0.0563. The maximum Gasteiger partial charge on any atom is 0.409 e. The van der Waals surface area contributed by atoms with Gasteiger partial charge in [0.2, 0.25) is 0 Å². The fraction of sp³-hybridized carbons (Fsp3) is 0.444. The number of hydrogen-bond acceptors (Lipinski definition) is 3. The highest BCUT2D eigenvalue weighted by Crippen LogP contribution is 2.23. The molecular formula is C18H23N3O3. The lowest BCUT2D eigenvalue weighted by atomic mass is 10.2. The molecule has 1 saturated heterocycles. The van der Waals surface area contributed by atoms with E-state index in [-0.39, 0.29) is 12.0 Å². The molecule has 1 fully saturated rings. The third kappa shape index (κ3) is 2.84. The monoisotopic (exact) mass is 329 g/mol. The van der Waals surface area contributed by atoms with E-state index in [0.717, 1.165) is 16.5 Å². The highest BCUT2D eigenvalue weighted by atomic mass is 16.6. The molecule has 2 aromatic rings. The van der Waals surface area contributed by atoms with Gasteiger partial charge in [-0.05, 0) is 25.5 Å². The number of nitrogens with zero attached hydrogens (tertiary/aromatic N) is 3. The molecule has 1 aliphatic rings. The minimum Gasteiger partial charge on any atom is -0.450 e. The number of benzene rings is 1. The minimum atomic E-state index is -0.301. The fourth-order valence-electron chi connectivity index (χ4n) is 3.29. The molecule has 1 aromatic heterocycles. The zero-order valence-electron chi connectivity index (χ0n) is 14.4. The van der Waals surface area contributed by atoms with Crippen molar-refractivity contribution in [2.75, 3.05) is 32.8 Å². The second-order valence-electron chi connectivity index (χ2n) is 6.08. The largest absolute Gasteiger partial charge is 0.450 e. The van der Waals surface area contributed by atoms with E-state index in [1.165, 1.54) is 0 Å². The van der Waals surface area contributed by atoms with E-state index in [1.807, 2.05) is 29.8 Å². The summed E-state index contributed by atoms with van der Waals surface area (Å²) in [6.45, 7) is 6.28. The summed E-state index contributed by atoms with van der Waals surface area (Å²) in [5.74, 6) is 0.0107. The molecule has 0 unspecified atom stereocenters. The van der Waals surface area contributed by atoms with Gasteiger partial charge in [0.05, 0.1) is 12.1 Å². The van der Waals surface area contributed by atoms with E-state index in [0.29, 0.717) is 38.5 Å². The number of fused-ring (bicyclic) bond motifs is 1. The molecule has 0 spiro atoms. The van der Waals surface area contributed by atoms with Crippen LogP contribution in [0, 0.1) is 6.92 Å². The van der Waals surface area contributed by atoms with E-state index >= 15 is 0 Å². The fourth-order valence-corrected chi connectivity index (χ4v) is 3.29. The maximum atomic E-state index is 12.9. The van der Waals surface area contributed by atoms with E-state index < -0.39 is 0 Å². The highest BCUT2D eigenvalue weighted by molar-refractivity contribution is 5.99. The minimum absolute atomic E-state index is 0.0107. The maximum absolute atomic E-state index is 12.9. The van der Waals surface area contributed by atoms with Crippen LogP contribution in [-0.2, 0) is 11.8 Å². The number of amides is 2. The first-order valence-corrected chi connectivity index (χ1v) is 8.29. The second kappa shape index (κ2) is 6.55. The van der Waals surface area contributed by atoms with Gasteiger partial charge in [0.25, 0.3) is 5.91 Å². The molecule has 2 heterocycles. The van der Waals surface area contributed by atoms with Crippen LogP contribution in [0.1, 0.15) is 23.0 Å². The quantitative estimate of drug-likeness (QED) is 0.850. The van der Waals surface area contributed by atoms with Gasteiger partial charge in [-0.3, -0.25) is 4.79 Å². The molecular weight excluding hydrogens is 306 g/mol. The molecule has 24 heavy (non-hydrogen) atoms. The number of aromatic nitrogens is 1. The van der Waals surface area contributed by atoms with Crippen molar-refractivity contribution in [1.82, 2.24) is 14.4 Å². The van der Waals surface area contributed by atoms with E-state index in [2.05, 4.69) is 13.0 Å². The van der Waals surface area contributed by atoms with Crippen molar-refractivity contribution in [2.45, 2.75) is 13.8 Å². The van der Waals surface area contributed by atoms with Crippen LogP contribution in [0.3, 0.4) is 0 Å². The van der Waals surface area contributed by atoms with Crippen LogP contribution in [0.15, 0.2) is 24.3 Å². The summed E-state index contributed by atoms with van der Waals surface area (Å²) in [6.07, 6.45) is -0.301. The molecule has 0 atom stereocenters. The Morgan fingerprint density at radius 1 is 1.12 bits per heavy atom. The first kappa shape index (κ1) is 16.4. The Labute approximate surface area is 141 Å². The summed E-state index contributed by atoms with van der Waals surface area (Å²) in [5.41, 5.74) is 2.93. The molecule has 3 rings (SSSR count). The Morgan fingerprint density at radius 3 is 2.42 bits per heavy atom. The van der Waals surface area contributed by atoms with Crippen LogP contribution in [0.4, 0.5) is 4.79 Å². The topological polar surface area (TPSA) is 54.8 Å². The van der Waals surface area contributed by atoms with E-state index in [9.17, 15) is 9.59 Å². The van der Waals surface area contributed by atoms with Crippen molar-refractivity contribution >= 4 is 22.9 Å². The third-order valence-electron chi connectivity index (χ3n) is 4.57. The molecule has 128 valence electrons. The normalized spacial score (nSPS) is 15.0. The molecule has 0 aliphatic carbocycles. The Bertz CT molecular complexity index is 773. The van der Waals surface area contributed by atoms with Gasteiger partial charge in [0, 0.05) is 38.6 Å². The van der Waals surface area contributed by atoms with Gasteiger partial charge in [0.15, 0.2) is 0 Å². The van der Waals surface area contributed by atoms with Crippen molar-refractivity contribution in [3.63, 3.8) is 0 Å². The summed E-state index contributed by atoms with van der Waals surface area (Å²) in [6, 6.07) is 8.03. The number of para-hydroxylation sites is 1. The summed E-state index contributed by atoms with van der Waals surface area (Å²) < 4.78 is 6.98. The second-order valence-corrected chi connectivity index (χ2v) is 6.08. The Morgan fingerprint density at radius 2 is 1.79 bits per heavy atom. The van der Waals surface area contributed by atoms with E-state index in [1.54, 1.807) is 16.7 Å². The van der Waals surface area contributed by atoms with E-state index in [4.69, 9.17) is 4.74 Å². The number of aryl methyl sites for hydroxylation is 2. The number of rotatable bonds is 2. The summed E-state index contributed by atoms with van der Waals surface area (Å²) in [5, 5.41) is 1.08. The first-order chi connectivity index (χ1) is 11.5. The van der Waals surface area contributed by atoms with Crippen molar-refractivity contribution < 1.29 is 14.3 Å². The standard InChI is InChI=1S/C18H23N3O3/c1-4-24-18(23)21-10-8-20(9-11-21)17(22)15-12-14-7-5-6-13(2)16(14)19(15)3/h5-7,12H,4,8-11H2,1-3H3. The molecule has 6 heteroatoms. The molecule has 0 bridgehead atoms. The van der Waals surface area contributed by atoms with Crippen molar-refractivity contribution in [1.29, 1.82) is 0 Å². The summed E-state index contributed by atoms with van der Waals surface area (Å²) in [7, 11) is 1.93. The van der Waals surface area contributed by atoms with Gasteiger partial charge in [-0.1, -0.05) is 18.2 Å². The zero-order valence-corrected chi connectivity index (χ0v) is 14.4. The van der Waals surface area contributed by atoms with Gasteiger partial charge in [-0.25, -0.2) is 4.79 Å². The number of ether oxygens (including phenoxy) is 1. The zero-order chi connectivity index (χ0) is 17.3. The van der Waals surface area contributed by atoms with Crippen LogP contribution in [0.25, 0.3) is 10.9 Å². The van der Waals surface area contributed by atoms with Gasteiger partial charge in [0.1, 0.15) is 5.69 Å². The van der Waals surface area contributed by atoms with Gasteiger partial charge in [-0.15, -0.1) is 0 Å². The van der Waals surface area contributed by atoms with Crippen molar-refractivity contribution in [3.05, 3.63) is 35.5 Å². The average molecular weight is 329 g/mol. The van der Waals surface area contributed by atoms with Crippen LogP contribution in [0.2, 0.25) is 0 Å². The van der Waals surface area contributed by atoms with Crippen molar-refractivity contribution in [2.24, 2.45) is 7.05 Å². The van der Waals surface area contributed by atoms with Crippen LogP contribution >= 0.6 is 0 Å². The Balaban J connectivity index is 1.76. The van der Waals surface area contributed by atoms with Crippen LogP contribution in [0.5, 0.6) is 0 Å². The Kier molecular flexibility index (Phi) is 4.46. The SMILES string of the molecule is CCOC(=O)N1CCN(C(=O)c2cc3cccc(C)c3n2C)CC1. The van der Waals surface area contributed by atoms with Crippen molar-refractivity contribution in [3.8, 4) is 0 Å². The predicted molar refractivity (Wildman–Crippen MR) is 92.2 cm³/mol. The smallest absolute Gasteiger partial charge is 0.409 e. The lowest BCUT2D eigenvalue weighted by Crippen LogP contribution is -2.51. The summed E-state index contributed by atoms with van der Waals surface area (Å²) in [4.78, 5) is 28.1. The molecule has 0 N–H and O–H groups in total. The number of carbonyl (C=O) groups excluding carboxylic acids is 2. The average Bonchev–Trinajstić information content (AvgIpc) is 2.93. The molecule has 6 nitrogen and oxygen atoms in total. The van der Waals surface area contributed by atoms with Gasteiger partial charge >= 0.3 is 6.09 Å².